The standard InChI is InChI=1S/C33H34Cl2FN5O4/c1-43-27-12-20(13-37-23-18-45-19-23)14-38-29(27)31(42)40-33(11-5-7-25(30(33)35)24-6-3-4-8-26(24)34)28-10-9-21(32(39-28)44-2)15-41-16-22(36)17-41/h3-12,14,22-23,30,37H,13,15-19H2,1-2H3,(H,40,42). The van der Waals surface area contributed by atoms with Gasteiger partial charge in [0.15, 0.2) is 11.4 Å². The molecule has 1 amide bonds. The van der Waals surface area contributed by atoms with Crippen LogP contribution < -0.4 is 20.1 Å². The Kier molecular flexibility index (Phi) is 9.39. The summed E-state index contributed by atoms with van der Waals surface area (Å²) < 4.78 is 30.0. The third-order valence-corrected chi connectivity index (χ3v) is 9.16. The Hall–Kier alpha value is -3.54. The van der Waals surface area contributed by atoms with Crippen molar-refractivity contribution < 1.29 is 23.4 Å². The van der Waals surface area contributed by atoms with Crippen LogP contribution in [0.5, 0.6) is 11.6 Å². The van der Waals surface area contributed by atoms with Crippen molar-refractivity contribution in [2.45, 2.75) is 36.2 Å². The summed E-state index contributed by atoms with van der Waals surface area (Å²) in [5.74, 6) is 0.175. The molecule has 2 aliphatic heterocycles. The van der Waals surface area contributed by atoms with E-state index in [9.17, 15) is 9.18 Å². The molecule has 0 bridgehead atoms. The van der Waals surface area contributed by atoms with Crippen LogP contribution in [0.3, 0.4) is 0 Å². The first kappa shape index (κ1) is 31.4. The van der Waals surface area contributed by atoms with Crippen molar-refractivity contribution in [1.82, 2.24) is 25.5 Å². The Balaban J connectivity index is 1.35. The van der Waals surface area contributed by atoms with Gasteiger partial charge in [-0.05, 0) is 34.9 Å². The van der Waals surface area contributed by atoms with Crippen molar-refractivity contribution in [2.75, 3.05) is 40.5 Å². The van der Waals surface area contributed by atoms with E-state index in [0.717, 1.165) is 16.7 Å². The highest BCUT2D eigenvalue weighted by Crippen LogP contribution is 2.43. The fourth-order valence-electron chi connectivity index (χ4n) is 5.67. The van der Waals surface area contributed by atoms with Crippen LogP contribution in [0.15, 0.2) is 66.9 Å². The third-order valence-electron chi connectivity index (χ3n) is 8.25. The number of rotatable bonds is 11. The highest BCUT2D eigenvalue weighted by molar-refractivity contribution is 6.34. The van der Waals surface area contributed by atoms with E-state index in [0.29, 0.717) is 73.4 Å². The van der Waals surface area contributed by atoms with Crippen LogP contribution in [-0.4, -0.2) is 78.9 Å². The van der Waals surface area contributed by atoms with Crippen LogP contribution in [0.1, 0.15) is 32.9 Å². The maximum atomic E-state index is 14.1. The molecule has 2 fully saturated rings. The van der Waals surface area contributed by atoms with E-state index in [-0.39, 0.29) is 5.69 Å². The van der Waals surface area contributed by atoms with E-state index in [1.54, 1.807) is 24.4 Å². The van der Waals surface area contributed by atoms with E-state index >= 15 is 0 Å². The molecule has 2 aromatic heterocycles. The average molecular weight is 655 g/mol. The summed E-state index contributed by atoms with van der Waals surface area (Å²) >= 11 is 13.9. The quantitative estimate of drug-likeness (QED) is 0.288. The molecule has 2 saturated heterocycles. The predicted molar refractivity (Wildman–Crippen MR) is 171 cm³/mol. The molecule has 45 heavy (non-hydrogen) atoms. The third kappa shape index (κ3) is 6.43. The number of hydrogen-bond donors (Lipinski definition) is 2. The lowest BCUT2D eigenvalue weighted by molar-refractivity contribution is -0.00579. The summed E-state index contributed by atoms with van der Waals surface area (Å²) in [6, 6.07) is 13.2. The maximum absolute atomic E-state index is 14.1. The molecule has 1 aliphatic carbocycles. The number of carbonyl (C=O) groups is 1. The number of halogens is 3. The second kappa shape index (κ2) is 13.4. The maximum Gasteiger partial charge on any atom is 0.274 e. The van der Waals surface area contributed by atoms with Crippen molar-refractivity contribution in [3.63, 3.8) is 0 Å². The lowest BCUT2D eigenvalue weighted by atomic mass is 9.80. The van der Waals surface area contributed by atoms with Gasteiger partial charge in [-0.3, -0.25) is 9.69 Å². The second-order valence-corrected chi connectivity index (χ2v) is 12.2. The SMILES string of the molecule is COc1cc(CNC2COC2)cnc1C(=O)NC1(c2ccc(CN3CC(F)C3)c(OC)n2)C=CC=C(c2ccccc2Cl)C1Cl. The summed E-state index contributed by atoms with van der Waals surface area (Å²) in [5.41, 5.74) is 2.29. The van der Waals surface area contributed by atoms with Crippen molar-refractivity contribution >= 4 is 34.7 Å². The van der Waals surface area contributed by atoms with Gasteiger partial charge in [-0.1, -0.05) is 54.1 Å². The monoisotopic (exact) mass is 653 g/mol. The minimum Gasteiger partial charge on any atom is -0.494 e. The number of alkyl halides is 2. The van der Waals surface area contributed by atoms with Crippen LogP contribution in [0, 0.1) is 0 Å². The van der Waals surface area contributed by atoms with Gasteiger partial charge in [0.1, 0.15) is 11.7 Å². The molecule has 0 radical (unpaired) electrons. The highest BCUT2D eigenvalue weighted by Gasteiger charge is 2.45. The van der Waals surface area contributed by atoms with Gasteiger partial charge in [-0.2, -0.15) is 0 Å². The van der Waals surface area contributed by atoms with Gasteiger partial charge >= 0.3 is 0 Å². The molecule has 2 N–H and O–H groups in total. The number of likely N-dealkylation sites (tertiary alicyclic amines) is 1. The fraction of sp³-hybridized carbons (Fsp3) is 0.364. The van der Waals surface area contributed by atoms with Crippen LogP contribution in [-0.2, 0) is 23.4 Å². The number of pyridine rings is 2. The van der Waals surface area contributed by atoms with Gasteiger partial charge in [0, 0.05) is 43.0 Å². The summed E-state index contributed by atoms with van der Waals surface area (Å²) in [5, 5.41) is 6.22. The van der Waals surface area contributed by atoms with Gasteiger partial charge in [0.2, 0.25) is 5.88 Å². The number of carbonyl (C=O) groups excluding carboxylic acids is 1. The van der Waals surface area contributed by atoms with Crippen molar-refractivity contribution in [3.8, 4) is 11.6 Å². The fourth-order valence-corrected chi connectivity index (χ4v) is 6.34. The molecule has 236 valence electrons. The number of methoxy groups -OCH3 is 2. The molecule has 0 spiro atoms. The topological polar surface area (TPSA) is 97.8 Å². The molecule has 12 heteroatoms. The molecule has 6 rings (SSSR count). The number of allylic oxidation sites excluding steroid dienone is 2. The summed E-state index contributed by atoms with van der Waals surface area (Å²) in [6.07, 6.45) is 6.33. The molecule has 3 aromatic rings. The van der Waals surface area contributed by atoms with Crippen LogP contribution in [0.4, 0.5) is 4.39 Å². The average Bonchev–Trinajstić information content (AvgIpc) is 3.01. The number of benzene rings is 1. The number of ether oxygens (including phenoxy) is 3. The first-order valence-electron chi connectivity index (χ1n) is 14.7. The van der Waals surface area contributed by atoms with E-state index in [4.69, 9.17) is 42.4 Å². The molecular formula is C33H34Cl2FN5O4. The summed E-state index contributed by atoms with van der Waals surface area (Å²) in [4.78, 5) is 25.4. The summed E-state index contributed by atoms with van der Waals surface area (Å²) in [7, 11) is 3.03. The normalized spacial score (nSPS) is 21.9. The highest BCUT2D eigenvalue weighted by atomic mass is 35.5. The summed E-state index contributed by atoms with van der Waals surface area (Å²) in [6.45, 7) is 3.10. The number of hydrogen-bond acceptors (Lipinski definition) is 8. The Morgan fingerprint density at radius 2 is 1.98 bits per heavy atom. The molecule has 9 nitrogen and oxygen atoms in total. The first-order valence-corrected chi connectivity index (χ1v) is 15.5. The van der Waals surface area contributed by atoms with E-state index in [2.05, 4.69) is 15.6 Å². The zero-order valence-electron chi connectivity index (χ0n) is 24.9. The van der Waals surface area contributed by atoms with Gasteiger partial charge < -0.3 is 24.8 Å². The van der Waals surface area contributed by atoms with Gasteiger partial charge in [-0.25, -0.2) is 14.4 Å². The van der Waals surface area contributed by atoms with Gasteiger partial charge in [0.25, 0.3) is 5.91 Å². The van der Waals surface area contributed by atoms with Crippen LogP contribution in [0.2, 0.25) is 5.02 Å². The van der Waals surface area contributed by atoms with Crippen molar-refractivity contribution in [2.24, 2.45) is 0 Å². The number of nitrogens with one attached hydrogen (secondary N) is 2. The van der Waals surface area contributed by atoms with E-state index in [1.165, 1.54) is 14.2 Å². The second-order valence-electron chi connectivity index (χ2n) is 11.3. The Labute approximate surface area is 271 Å². The van der Waals surface area contributed by atoms with Crippen LogP contribution in [0.25, 0.3) is 5.57 Å². The van der Waals surface area contributed by atoms with Gasteiger partial charge in [-0.15, -0.1) is 11.6 Å². The minimum absolute atomic E-state index is 0.0980. The lowest BCUT2D eigenvalue weighted by Gasteiger charge is -2.39. The Morgan fingerprint density at radius 3 is 2.67 bits per heavy atom. The number of nitrogens with zero attached hydrogens (tertiary/aromatic N) is 3. The zero-order chi connectivity index (χ0) is 31.6. The number of amides is 1. The minimum atomic E-state index is -1.34. The van der Waals surface area contributed by atoms with E-state index < -0.39 is 23.0 Å². The smallest absolute Gasteiger partial charge is 0.274 e. The number of aromatic nitrogens is 2. The molecule has 4 heterocycles. The molecule has 2 unspecified atom stereocenters. The predicted octanol–water partition coefficient (Wildman–Crippen LogP) is 4.68. The Bertz CT molecular complexity index is 1630. The van der Waals surface area contributed by atoms with Crippen LogP contribution >= 0.6 is 23.2 Å². The molecule has 3 aliphatic rings. The first-order chi connectivity index (χ1) is 21.8. The van der Waals surface area contributed by atoms with Crippen molar-refractivity contribution in [3.05, 3.63) is 100.0 Å². The molecule has 2 atom stereocenters. The van der Waals surface area contributed by atoms with Crippen molar-refractivity contribution in [1.29, 1.82) is 0 Å². The zero-order valence-corrected chi connectivity index (χ0v) is 26.4. The molecule has 0 saturated carbocycles. The molecular weight excluding hydrogens is 620 g/mol. The Morgan fingerprint density at radius 1 is 1.18 bits per heavy atom. The van der Waals surface area contributed by atoms with E-state index in [1.807, 2.05) is 47.4 Å². The largest absolute Gasteiger partial charge is 0.494 e. The lowest BCUT2D eigenvalue weighted by Crippen LogP contribution is -2.52. The molecule has 1 aromatic carbocycles. The van der Waals surface area contributed by atoms with Gasteiger partial charge in [0.05, 0.1) is 44.5 Å².